The zero-order valence-corrected chi connectivity index (χ0v) is 20.4. The number of halogens is 2. The van der Waals surface area contributed by atoms with Crippen molar-refractivity contribution in [1.82, 2.24) is 15.5 Å². The first-order valence-electron chi connectivity index (χ1n) is 10.6. The molecule has 5 amide bonds. The van der Waals surface area contributed by atoms with Gasteiger partial charge in [0.15, 0.2) is 0 Å². The molecule has 0 saturated carbocycles. The van der Waals surface area contributed by atoms with Gasteiger partial charge in [0.2, 0.25) is 17.7 Å². The molecule has 5 N–H and O–H groups in total. The number of rotatable bonds is 9. The molecule has 1 fully saturated rings. The van der Waals surface area contributed by atoms with Gasteiger partial charge >= 0.3 is 6.03 Å². The maximum Gasteiger partial charge on any atom is 0.319 e. The molecule has 0 aliphatic carbocycles. The molecule has 188 valence electrons. The van der Waals surface area contributed by atoms with E-state index in [2.05, 4.69) is 16.0 Å². The second kappa shape index (κ2) is 12.0. The number of thiophene rings is 1. The van der Waals surface area contributed by atoms with Gasteiger partial charge in [0, 0.05) is 23.9 Å². The van der Waals surface area contributed by atoms with Crippen LogP contribution in [0.2, 0.25) is 0 Å². The minimum absolute atomic E-state index is 0.0446. The van der Waals surface area contributed by atoms with Gasteiger partial charge in [0.25, 0.3) is 0 Å². The Kier molecular flexibility index (Phi) is 9.04. The molecule has 1 aromatic carbocycles. The molecule has 2 aromatic rings. The minimum atomic E-state index is -0.963. The van der Waals surface area contributed by atoms with Crippen LogP contribution in [0, 0.1) is 11.6 Å². The fraction of sp³-hybridized carbons (Fsp3) is 0.364. The average molecular weight is 526 g/mol. The van der Waals surface area contributed by atoms with Gasteiger partial charge in [-0.15, -0.1) is 11.3 Å². The van der Waals surface area contributed by atoms with Crippen molar-refractivity contribution in [2.75, 3.05) is 23.9 Å². The standard InChI is InChI=1S/C22H25F2N5O4S2/c1-34-11-19(30)29-10-13(26-22(33)28-16-5-4-12(23)7-15(16)24)8-18(29)21(32)27-17(20(25)31)9-14-3-2-6-35-14/h2-7,13,17-18H,8-11H2,1H3,(H2,25,31)(H,27,32)(H2,26,28,33)/t13-,17-,18-/m0/s1. The highest BCUT2D eigenvalue weighted by Crippen LogP contribution is 2.21. The highest BCUT2D eigenvalue weighted by Gasteiger charge is 2.41. The first-order chi connectivity index (χ1) is 16.7. The van der Waals surface area contributed by atoms with Gasteiger partial charge < -0.3 is 26.6 Å². The number of carbonyl (C=O) groups excluding carboxylic acids is 4. The fourth-order valence-electron chi connectivity index (χ4n) is 3.73. The van der Waals surface area contributed by atoms with E-state index >= 15 is 0 Å². The van der Waals surface area contributed by atoms with E-state index in [1.165, 1.54) is 28.0 Å². The smallest absolute Gasteiger partial charge is 0.319 e. The summed E-state index contributed by atoms with van der Waals surface area (Å²) in [5.41, 5.74) is 5.26. The number of anilines is 1. The number of hydrogen-bond acceptors (Lipinski definition) is 6. The summed E-state index contributed by atoms with van der Waals surface area (Å²) in [6.45, 7) is 0.0446. The zero-order valence-electron chi connectivity index (χ0n) is 18.8. The van der Waals surface area contributed by atoms with E-state index in [0.29, 0.717) is 6.07 Å². The first kappa shape index (κ1) is 26.4. The second-order valence-corrected chi connectivity index (χ2v) is 9.80. The normalized spacial score (nSPS) is 18.1. The van der Waals surface area contributed by atoms with Crippen molar-refractivity contribution in [2.45, 2.75) is 31.0 Å². The minimum Gasteiger partial charge on any atom is -0.368 e. The number of carbonyl (C=O) groups is 4. The van der Waals surface area contributed by atoms with Crippen molar-refractivity contribution in [3.8, 4) is 0 Å². The number of nitrogens with zero attached hydrogens (tertiary/aromatic N) is 1. The van der Waals surface area contributed by atoms with Crippen molar-refractivity contribution < 1.29 is 28.0 Å². The molecular formula is C22H25F2N5O4S2. The van der Waals surface area contributed by atoms with Crippen LogP contribution in [0.1, 0.15) is 11.3 Å². The van der Waals surface area contributed by atoms with Crippen LogP contribution >= 0.6 is 23.1 Å². The Hall–Kier alpha value is -3.19. The average Bonchev–Trinajstić information content (AvgIpc) is 3.45. The van der Waals surface area contributed by atoms with Gasteiger partial charge in [-0.2, -0.15) is 11.8 Å². The quantitative estimate of drug-likeness (QED) is 0.396. The first-order valence-corrected chi connectivity index (χ1v) is 12.9. The summed E-state index contributed by atoms with van der Waals surface area (Å²) in [5, 5.41) is 9.37. The third-order valence-electron chi connectivity index (χ3n) is 5.35. The van der Waals surface area contributed by atoms with Crippen molar-refractivity contribution in [1.29, 1.82) is 0 Å². The maximum absolute atomic E-state index is 13.8. The molecule has 1 aromatic heterocycles. The van der Waals surface area contributed by atoms with Crippen LogP contribution in [0.25, 0.3) is 0 Å². The topological polar surface area (TPSA) is 134 Å². The lowest BCUT2D eigenvalue weighted by molar-refractivity contribution is -0.137. The van der Waals surface area contributed by atoms with Gasteiger partial charge in [-0.05, 0) is 36.3 Å². The molecule has 0 unspecified atom stereocenters. The molecule has 1 saturated heterocycles. The number of amides is 5. The van der Waals surface area contributed by atoms with Crippen LogP contribution < -0.4 is 21.7 Å². The summed E-state index contributed by atoms with van der Waals surface area (Å²) in [4.78, 5) is 52.3. The third-order valence-corrected chi connectivity index (χ3v) is 6.79. The van der Waals surface area contributed by atoms with E-state index in [4.69, 9.17) is 5.73 Å². The van der Waals surface area contributed by atoms with Crippen molar-refractivity contribution in [3.63, 3.8) is 0 Å². The summed E-state index contributed by atoms with van der Waals surface area (Å²) >= 11 is 2.71. The summed E-state index contributed by atoms with van der Waals surface area (Å²) in [5.74, 6) is -3.17. The van der Waals surface area contributed by atoms with Crippen LogP contribution in [0.3, 0.4) is 0 Å². The Morgan fingerprint density at radius 3 is 2.66 bits per heavy atom. The number of primary amides is 1. The van der Waals surface area contributed by atoms with Crippen LogP contribution in [0.4, 0.5) is 19.3 Å². The summed E-state index contributed by atoms with van der Waals surface area (Å²) in [6.07, 6.45) is 2.04. The van der Waals surface area contributed by atoms with E-state index < -0.39 is 47.6 Å². The highest BCUT2D eigenvalue weighted by molar-refractivity contribution is 7.99. The Morgan fingerprint density at radius 2 is 2.03 bits per heavy atom. The van der Waals surface area contributed by atoms with E-state index in [9.17, 15) is 28.0 Å². The molecule has 1 aliphatic rings. The Morgan fingerprint density at radius 1 is 1.26 bits per heavy atom. The lowest BCUT2D eigenvalue weighted by Crippen LogP contribution is -2.53. The van der Waals surface area contributed by atoms with E-state index in [1.54, 1.807) is 6.26 Å². The predicted octanol–water partition coefficient (Wildman–Crippen LogP) is 1.69. The van der Waals surface area contributed by atoms with Gasteiger partial charge in [0.05, 0.1) is 17.5 Å². The number of urea groups is 1. The van der Waals surface area contributed by atoms with Crippen molar-refractivity contribution in [2.24, 2.45) is 5.73 Å². The molecule has 0 spiro atoms. The lowest BCUT2D eigenvalue weighted by Gasteiger charge is -2.25. The molecule has 3 rings (SSSR count). The van der Waals surface area contributed by atoms with Gasteiger partial charge in [-0.25, -0.2) is 13.6 Å². The largest absolute Gasteiger partial charge is 0.368 e. The van der Waals surface area contributed by atoms with Crippen LogP contribution in [-0.2, 0) is 20.8 Å². The zero-order chi connectivity index (χ0) is 25.5. The fourth-order valence-corrected chi connectivity index (χ4v) is 4.89. The number of nitrogens with two attached hydrogens (primary N) is 1. The number of hydrogen-bond donors (Lipinski definition) is 4. The maximum atomic E-state index is 13.8. The molecule has 1 aliphatic heterocycles. The van der Waals surface area contributed by atoms with E-state index in [-0.39, 0.29) is 36.7 Å². The Bertz CT molecular complexity index is 1090. The molecule has 9 nitrogen and oxygen atoms in total. The summed E-state index contributed by atoms with van der Waals surface area (Å²) < 4.78 is 26.9. The van der Waals surface area contributed by atoms with Crippen molar-refractivity contribution >= 4 is 52.5 Å². The Labute approximate surface area is 208 Å². The van der Waals surface area contributed by atoms with E-state index in [1.807, 2.05) is 17.5 Å². The van der Waals surface area contributed by atoms with Crippen LogP contribution in [0.15, 0.2) is 35.7 Å². The van der Waals surface area contributed by atoms with Crippen LogP contribution in [-0.4, -0.2) is 65.3 Å². The Balaban J connectivity index is 1.67. The molecule has 13 heteroatoms. The van der Waals surface area contributed by atoms with Gasteiger partial charge in [-0.1, -0.05) is 6.07 Å². The molecule has 0 bridgehead atoms. The second-order valence-electron chi connectivity index (χ2n) is 7.90. The number of nitrogens with one attached hydrogen (secondary N) is 3. The van der Waals surface area contributed by atoms with Crippen molar-refractivity contribution in [3.05, 3.63) is 52.2 Å². The van der Waals surface area contributed by atoms with Gasteiger partial charge in [0.1, 0.15) is 23.7 Å². The van der Waals surface area contributed by atoms with Crippen LogP contribution in [0.5, 0.6) is 0 Å². The molecular weight excluding hydrogens is 500 g/mol. The third kappa shape index (κ3) is 7.15. The number of likely N-dealkylation sites (tertiary alicyclic amines) is 1. The molecule has 3 atom stereocenters. The number of benzene rings is 1. The summed E-state index contributed by atoms with van der Waals surface area (Å²) in [7, 11) is 0. The SMILES string of the molecule is CSCC(=O)N1C[C@@H](NC(=O)Nc2ccc(F)cc2F)C[C@H]1C(=O)N[C@@H](Cc1cccs1)C(N)=O. The molecule has 35 heavy (non-hydrogen) atoms. The summed E-state index contributed by atoms with van der Waals surface area (Å²) in [6, 6.07) is 3.07. The van der Waals surface area contributed by atoms with Gasteiger partial charge in [-0.3, -0.25) is 14.4 Å². The lowest BCUT2D eigenvalue weighted by atomic mass is 10.1. The number of thioether (sulfide) groups is 1. The molecule has 2 heterocycles. The monoisotopic (exact) mass is 525 g/mol. The molecule has 0 radical (unpaired) electrons. The predicted molar refractivity (Wildman–Crippen MR) is 130 cm³/mol. The van der Waals surface area contributed by atoms with E-state index in [0.717, 1.165) is 17.0 Å². The highest BCUT2D eigenvalue weighted by atomic mass is 32.2.